The zero-order valence-corrected chi connectivity index (χ0v) is 13.2. The van der Waals surface area contributed by atoms with Gasteiger partial charge >= 0.3 is 0 Å². The summed E-state index contributed by atoms with van der Waals surface area (Å²) in [6.45, 7) is 0. The Morgan fingerprint density at radius 1 is 1.32 bits per heavy atom. The molecule has 3 N–H and O–H groups in total. The summed E-state index contributed by atoms with van der Waals surface area (Å²) in [5.41, 5.74) is 3.23. The monoisotopic (exact) mass is 364 g/mol. The number of hydrazone groups is 1. The van der Waals surface area contributed by atoms with Crippen LogP contribution in [0.2, 0.25) is 0 Å². The number of hydrogen-bond donors (Lipinski definition) is 3. The Morgan fingerprint density at radius 3 is 2.73 bits per heavy atom. The Labute approximate surface area is 135 Å². The Kier molecular flexibility index (Phi) is 5.00. The lowest BCUT2D eigenvalue weighted by atomic mass is 10.2. The third kappa shape index (κ3) is 3.56. The molecule has 2 aromatic rings. The number of nitrogens with one attached hydrogen (secondary N) is 1. The lowest BCUT2D eigenvalue weighted by molar-refractivity contribution is 0.0952. The maximum absolute atomic E-state index is 12.0. The quantitative estimate of drug-likeness (QED) is 0.441. The number of halogens is 1. The summed E-state index contributed by atoms with van der Waals surface area (Å²) in [5.74, 6) is -0.516. The number of phenols is 2. The molecule has 0 heterocycles. The van der Waals surface area contributed by atoms with Crippen LogP contribution >= 0.6 is 15.9 Å². The lowest BCUT2D eigenvalue weighted by Gasteiger charge is -2.06. The van der Waals surface area contributed by atoms with Crippen molar-refractivity contribution >= 4 is 28.1 Å². The second-order valence-corrected chi connectivity index (χ2v) is 5.12. The van der Waals surface area contributed by atoms with Gasteiger partial charge in [-0.25, -0.2) is 5.43 Å². The Hall–Kier alpha value is -2.54. The Bertz CT molecular complexity index is 708. The molecule has 6 nitrogen and oxygen atoms in total. The highest BCUT2D eigenvalue weighted by molar-refractivity contribution is 9.10. The van der Waals surface area contributed by atoms with Gasteiger partial charge in [-0.05, 0) is 45.8 Å². The maximum atomic E-state index is 12.0. The summed E-state index contributed by atoms with van der Waals surface area (Å²) < 4.78 is 5.42. The van der Waals surface area contributed by atoms with E-state index in [4.69, 9.17) is 4.74 Å². The van der Waals surface area contributed by atoms with E-state index in [-0.39, 0.29) is 11.5 Å². The minimum Gasteiger partial charge on any atom is -0.504 e. The van der Waals surface area contributed by atoms with E-state index < -0.39 is 5.91 Å². The van der Waals surface area contributed by atoms with Gasteiger partial charge in [0.05, 0.1) is 23.4 Å². The van der Waals surface area contributed by atoms with E-state index in [0.29, 0.717) is 21.3 Å². The van der Waals surface area contributed by atoms with Crippen LogP contribution in [0, 0.1) is 0 Å². The maximum Gasteiger partial charge on any atom is 0.275 e. The van der Waals surface area contributed by atoms with Gasteiger partial charge in [0.15, 0.2) is 11.5 Å². The molecule has 0 fully saturated rings. The Balaban J connectivity index is 2.11. The van der Waals surface area contributed by atoms with Crippen LogP contribution in [-0.4, -0.2) is 29.4 Å². The van der Waals surface area contributed by atoms with E-state index in [1.807, 2.05) is 0 Å². The summed E-state index contributed by atoms with van der Waals surface area (Å²) in [7, 11) is 1.48. The van der Waals surface area contributed by atoms with Gasteiger partial charge < -0.3 is 14.9 Å². The van der Waals surface area contributed by atoms with Crippen molar-refractivity contribution in [1.82, 2.24) is 5.43 Å². The number of ether oxygens (including phenoxy) is 1. The molecule has 0 aliphatic heterocycles. The summed E-state index contributed by atoms with van der Waals surface area (Å²) in [4.78, 5) is 12.0. The fourth-order valence-corrected chi connectivity index (χ4v) is 2.20. The van der Waals surface area contributed by atoms with Gasteiger partial charge in [-0.2, -0.15) is 5.10 Å². The SMILES string of the molecule is COc1ccccc1C(=O)N/N=C\c1cc(O)c(O)c(Br)c1. The predicted octanol–water partition coefficient (Wildman–Crippen LogP) is 2.63. The minimum atomic E-state index is -0.421. The zero-order chi connectivity index (χ0) is 16.1. The fourth-order valence-electron chi connectivity index (χ4n) is 1.74. The first-order valence-corrected chi connectivity index (χ1v) is 7.00. The van der Waals surface area contributed by atoms with Crippen molar-refractivity contribution in [2.75, 3.05) is 7.11 Å². The molecule has 0 radical (unpaired) electrons. The van der Waals surface area contributed by atoms with Crippen molar-refractivity contribution in [3.63, 3.8) is 0 Å². The molecule has 0 bridgehead atoms. The number of methoxy groups -OCH3 is 1. The van der Waals surface area contributed by atoms with Crippen LogP contribution in [0.3, 0.4) is 0 Å². The molecule has 0 saturated heterocycles. The van der Waals surface area contributed by atoms with Crippen molar-refractivity contribution in [2.24, 2.45) is 5.10 Å². The van der Waals surface area contributed by atoms with Crippen LogP contribution < -0.4 is 10.2 Å². The first kappa shape index (κ1) is 15.8. The summed E-state index contributed by atoms with van der Waals surface area (Å²) in [5, 5.41) is 22.7. The van der Waals surface area contributed by atoms with Crippen molar-refractivity contribution < 1.29 is 19.7 Å². The molecule has 22 heavy (non-hydrogen) atoms. The number of aromatic hydroxyl groups is 2. The van der Waals surface area contributed by atoms with E-state index >= 15 is 0 Å². The molecular formula is C15H13BrN2O4. The predicted molar refractivity (Wildman–Crippen MR) is 85.5 cm³/mol. The van der Waals surface area contributed by atoms with Crippen LogP contribution in [-0.2, 0) is 0 Å². The number of nitrogens with zero attached hydrogens (tertiary/aromatic N) is 1. The first-order chi connectivity index (χ1) is 10.5. The highest BCUT2D eigenvalue weighted by atomic mass is 79.9. The summed E-state index contributed by atoms with van der Waals surface area (Å²) >= 11 is 3.10. The third-order valence-corrected chi connectivity index (χ3v) is 3.40. The molecular weight excluding hydrogens is 352 g/mol. The van der Waals surface area contributed by atoms with Crippen LogP contribution in [0.5, 0.6) is 17.2 Å². The van der Waals surface area contributed by atoms with Gasteiger partial charge in [0.2, 0.25) is 0 Å². The third-order valence-electron chi connectivity index (χ3n) is 2.80. The van der Waals surface area contributed by atoms with E-state index in [2.05, 4.69) is 26.5 Å². The molecule has 7 heteroatoms. The molecule has 0 unspecified atom stereocenters. The van der Waals surface area contributed by atoms with Crippen LogP contribution in [0.1, 0.15) is 15.9 Å². The second kappa shape index (κ2) is 6.95. The molecule has 2 rings (SSSR count). The van der Waals surface area contributed by atoms with Gasteiger partial charge in [0.25, 0.3) is 5.91 Å². The molecule has 0 spiro atoms. The topological polar surface area (TPSA) is 91.2 Å². The van der Waals surface area contributed by atoms with Crippen molar-refractivity contribution in [1.29, 1.82) is 0 Å². The normalized spacial score (nSPS) is 10.6. The molecule has 0 aromatic heterocycles. The number of hydrogen-bond acceptors (Lipinski definition) is 5. The minimum absolute atomic E-state index is 0.254. The van der Waals surface area contributed by atoms with Gasteiger partial charge in [0.1, 0.15) is 5.75 Å². The summed E-state index contributed by atoms with van der Waals surface area (Å²) in [6, 6.07) is 9.64. The number of carbonyl (C=O) groups excluding carboxylic acids is 1. The summed E-state index contributed by atoms with van der Waals surface area (Å²) in [6.07, 6.45) is 1.34. The van der Waals surface area contributed by atoms with Crippen molar-refractivity contribution in [3.05, 3.63) is 52.0 Å². The molecule has 114 valence electrons. The smallest absolute Gasteiger partial charge is 0.275 e. The highest BCUT2D eigenvalue weighted by Crippen LogP contribution is 2.33. The fraction of sp³-hybridized carbons (Fsp3) is 0.0667. The van der Waals surface area contributed by atoms with E-state index in [0.717, 1.165) is 0 Å². The van der Waals surface area contributed by atoms with Crippen molar-refractivity contribution in [3.8, 4) is 17.2 Å². The molecule has 0 aliphatic carbocycles. The number of amides is 1. The van der Waals surface area contributed by atoms with E-state index in [1.165, 1.54) is 19.4 Å². The highest BCUT2D eigenvalue weighted by Gasteiger charge is 2.10. The number of rotatable bonds is 4. The number of carbonyl (C=O) groups is 1. The molecule has 1 amide bonds. The average Bonchev–Trinajstić information content (AvgIpc) is 2.52. The van der Waals surface area contributed by atoms with Gasteiger partial charge in [-0.3, -0.25) is 4.79 Å². The number of phenolic OH excluding ortho intramolecular Hbond substituents is 2. The standard InChI is InChI=1S/C15H13BrN2O4/c1-22-13-5-3-2-4-10(13)15(21)18-17-8-9-6-11(16)14(20)12(19)7-9/h2-8,19-20H,1H3,(H,18,21)/b17-8-. The van der Waals surface area contributed by atoms with Gasteiger partial charge in [-0.15, -0.1) is 0 Å². The largest absolute Gasteiger partial charge is 0.504 e. The van der Waals surface area contributed by atoms with E-state index in [1.54, 1.807) is 30.3 Å². The van der Waals surface area contributed by atoms with Gasteiger partial charge in [0, 0.05) is 0 Å². The molecule has 0 aliphatic rings. The molecule has 0 saturated carbocycles. The van der Waals surface area contributed by atoms with Crippen molar-refractivity contribution in [2.45, 2.75) is 0 Å². The number of benzene rings is 2. The average molecular weight is 365 g/mol. The van der Waals surface area contributed by atoms with Gasteiger partial charge in [-0.1, -0.05) is 12.1 Å². The molecule has 0 atom stereocenters. The Morgan fingerprint density at radius 2 is 2.05 bits per heavy atom. The molecule has 2 aromatic carbocycles. The van der Waals surface area contributed by atoms with E-state index in [9.17, 15) is 15.0 Å². The van der Waals surface area contributed by atoms with Crippen LogP contribution in [0.15, 0.2) is 46.0 Å². The first-order valence-electron chi connectivity index (χ1n) is 6.21. The van der Waals surface area contributed by atoms with Crippen LogP contribution in [0.25, 0.3) is 0 Å². The second-order valence-electron chi connectivity index (χ2n) is 4.27. The zero-order valence-electron chi connectivity index (χ0n) is 11.6. The van der Waals surface area contributed by atoms with Crippen LogP contribution in [0.4, 0.5) is 0 Å². The lowest BCUT2D eigenvalue weighted by Crippen LogP contribution is -2.18. The number of para-hydroxylation sites is 1.